The number of hydrogen-bond acceptors (Lipinski definition) is 3. The second kappa shape index (κ2) is 5.10. The third-order valence-electron chi connectivity index (χ3n) is 2.73. The Labute approximate surface area is 78.7 Å². The Morgan fingerprint density at radius 2 is 2.08 bits per heavy atom. The van der Waals surface area contributed by atoms with Crippen LogP contribution < -0.4 is 0 Å². The van der Waals surface area contributed by atoms with Gasteiger partial charge >= 0.3 is 0 Å². The SMILES string of the molecule is CSCCC1(CO)CCOCC1. The quantitative estimate of drug-likeness (QED) is 0.729. The molecule has 0 bridgehead atoms. The van der Waals surface area contributed by atoms with Crippen molar-refractivity contribution in [2.24, 2.45) is 5.41 Å². The second-order valence-electron chi connectivity index (χ2n) is 3.51. The van der Waals surface area contributed by atoms with E-state index in [0.29, 0.717) is 6.61 Å². The van der Waals surface area contributed by atoms with Crippen LogP contribution in [0.3, 0.4) is 0 Å². The Morgan fingerprint density at radius 1 is 1.42 bits per heavy atom. The summed E-state index contributed by atoms with van der Waals surface area (Å²) in [6, 6.07) is 0. The maximum Gasteiger partial charge on any atom is 0.0489 e. The normalized spacial score (nSPS) is 22.5. The zero-order chi connectivity index (χ0) is 8.86. The lowest BCUT2D eigenvalue weighted by molar-refractivity contribution is -0.0173. The van der Waals surface area contributed by atoms with Gasteiger partial charge in [0, 0.05) is 19.8 Å². The summed E-state index contributed by atoms with van der Waals surface area (Å²) in [5, 5.41) is 9.30. The lowest BCUT2D eigenvalue weighted by Gasteiger charge is -2.35. The number of thioether (sulfide) groups is 1. The first-order valence-corrected chi connectivity index (χ1v) is 5.90. The third-order valence-corrected chi connectivity index (χ3v) is 3.34. The Balaban J connectivity index is 2.37. The first-order valence-electron chi connectivity index (χ1n) is 4.50. The molecule has 0 aromatic carbocycles. The minimum atomic E-state index is 0.182. The van der Waals surface area contributed by atoms with E-state index in [1.165, 1.54) is 0 Å². The molecular formula is C9H18O2S. The third kappa shape index (κ3) is 2.64. The van der Waals surface area contributed by atoms with E-state index in [0.717, 1.165) is 38.2 Å². The molecule has 1 N–H and O–H groups in total. The molecule has 3 heteroatoms. The molecule has 0 saturated carbocycles. The van der Waals surface area contributed by atoms with Gasteiger partial charge in [-0.3, -0.25) is 0 Å². The first kappa shape index (κ1) is 10.4. The van der Waals surface area contributed by atoms with Crippen LogP contribution in [0.25, 0.3) is 0 Å². The molecule has 0 unspecified atom stereocenters. The highest BCUT2D eigenvalue weighted by Gasteiger charge is 2.30. The number of rotatable bonds is 4. The molecular weight excluding hydrogens is 172 g/mol. The lowest BCUT2D eigenvalue weighted by Crippen LogP contribution is -2.33. The minimum Gasteiger partial charge on any atom is -0.396 e. The van der Waals surface area contributed by atoms with Gasteiger partial charge in [0.25, 0.3) is 0 Å². The molecule has 1 aliphatic rings. The summed E-state index contributed by atoms with van der Waals surface area (Å²) in [6.45, 7) is 1.99. The predicted octanol–water partition coefficient (Wildman–Crippen LogP) is 1.53. The molecule has 72 valence electrons. The van der Waals surface area contributed by atoms with Crippen molar-refractivity contribution in [3.63, 3.8) is 0 Å². The molecule has 0 spiro atoms. The molecule has 1 aliphatic heterocycles. The Morgan fingerprint density at radius 3 is 2.58 bits per heavy atom. The van der Waals surface area contributed by atoms with E-state index >= 15 is 0 Å². The highest BCUT2D eigenvalue weighted by molar-refractivity contribution is 7.98. The molecule has 1 saturated heterocycles. The minimum absolute atomic E-state index is 0.182. The molecule has 2 nitrogen and oxygen atoms in total. The molecule has 0 radical (unpaired) electrons. The van der Waals surface area contributed by atoms with Gasteiger partial charge in [-0.15, -0.1) is 0 Å². The van der Waals surface area contributed by atoms with Crippen molar-refractivity contribution < 1.29 is 9.84 Å². The van der Waals surface area contributed by atoms with Gasteiger partial charge in [0.05, 0.1) is 0 Å². The number of hydrogen-bond donors (Lipinski definition) is 1. The van der Waals surface area contributed by atoms with Crippen molar-refractivity contribution in [1.82, 2.24) is 0 Å². The average Bonchev–Trinajstić information content (AvgIpc) is 2.16. The van der Waals surface area contributed by atoms with Gasteiger partial charge in [-0.05, 0) is 36.7 Å². The summed E-state index contributed by atoms with van der Waals surface area (Å²) in [6.07, 6.45) is 5.31. The lowest BCUT2D eigenvalue weighted by atomic mass is 9.79. The van der Waals surface area contributed by atoms with Crippen LogP contribution in [0, 0.1) is 5.41 Å². The van der Waals surface area contributed by atoms with Crippen LogP contribution in [-0.4, -0.2) is 36.9 Å². The fourth-order valence-electron chi connectivity index (χ4n) is 1.61. The first-order chi connectivity index (χ1) is 5.83. The molecule has 0 aromatic heterocycles. The summed E-state index contributed by atoms with van der Waals surface area (Å²) in [7, 11) is 0. The molecule has 0 amide bonds. The van der Waals surface area contributed by atoms with Gasteiger partial charge in [0.2, 0.25) is 0 Å². The summed E-state index contributed by atoms with van der Waals surface area (Å²) in [5.41, 5.74) is 0.182. The fourth-order valence-corrected chi connectivity index (χ4v) is 2.25. The van der Waals surface area contributed by atoms with E-state index in [2.05, 4.69) is 6.26 Å². The zero-order valence-corrected chi connectivity index (χ0v) is 8.53. The van der Waals surface area contributed by atoms with Crippen LogP contribution in [0.1, 0.15) is 19.3 Å². The standard InChI is InChI=1S/C9H18O2S/c1-12-7-4-9(8-10)2-5-11-6-3-9/h10H,2-8H2,1H3. The average molecular weight is 190 g/mol. The summed E-state index contributed by atoms with van der Waals surface area (Å²) >= 11 is 1.86. The van der Waals surface area contributed by atoms with E-state index in [1.807, 2.05) is 11.8 Å². The van der Waals surface area contributed by atoms with E-state index in [1.54, 1.807) is 0 Å². The van der Waals surface area contributed by atoms with Crippen LogP contribution in [0.5, 0.6) is 0 Å². The van der Waals surface area contributed by atoms with Gasteiger partial charge in [-0.1, -0.05) is 0 Å². The Hall–Kier alpha value is 0.270. The van der Waals surface area contributed by atoms with Gasteiger partial charge in [-0.2, -0.15) is 11.8 Å². The molecule has 1 rings (SSSR count). The molecule has 0 aromatic rings. The van der Waals surface area contributed by atoms with E-state index < -0.39 is 0 Å². The fraction of sp³-hybridized carbons (Fsp3) is 1.00. The number of ether oxygens (including phenoxy) is 1. The summed E-state index contributed by atoms with van der Waals surface area (Å²) in [4.78, 5) is 0. The van der Waals surface area contributed by atoms with Crippen LogP contribution in [-0.2, 0) is 4.74 Å². The molecule has 12 heavy (non-hydrogen) atoms. The van der Waals surface area contributed by atoms with E-state index in [-0.39, 0.29) is 5.41 Å². The Bertz CT molecular complexity index is 122. The number of aliphatic hydroxyl groups excluding tert-OH is 1. The van der Waals surface area contributed by atoms with Crippen molar-refractivity contribution >= 4 is 11.8 Å². The smallest absolute Gasteiger partial charge is 0.0489 e. The van der Waals surface area contributed by atoms with E-state index in [4.69, 9.17) is 4.74 Å². The molecule has 0 aliphatic carbocycles. The Kier molecular flexibility index (Phi) is 4.40. The highest BCUT2D eigenvalue weighted by atomic mass is 32.2. The highest BCUT2D eigenvalue weighted by Crippen LogP contribution is 2.34. The molecule has 1 fully saturated rings. The van der Waals surface area contributed by atoms with Crippen LogP contribution in [0.2, 0.25) is 0 Å². The van der Waals surface area contributed by atoms with Crippen molar-refractivity contribution in [2.75, 3.05) is 31.8 Å². The van der Waals surface area contributed by atoms with Crippen molar-refractivity contribution in [2.45, 2.75) is 19.3 Å². The van der Waals surface area contributed by atoms with E-state index in [9.17, 15) is 5.11 Å². The largest absolute Gasteiger partial charge is 0.396 e. The van der Waals surface area contributed by atoms with Gasteiger partial charge in [-0.25, -0.2) is 0 Å². The van der Waals surface area contributed by atoms with Gasteiger partial charge < -0.3 is 9.84 Å². The molecule has 1 heterocycles. The second-order valence-corrected chi connectivity index (χ2v) is 4.50. The monoisotopic (exact) mass is 190 g/mol. The van der Waals surface area contributed by atoms with Crippen LogP contribution in [0.15, 0.2) is 0 Å². The van der Waals surface area contributed by atoms with Crippen LogP contribution >= 0.6 is 11.8 Å². The summed E-state index contributed by atoms with van der Waals surface area (Å²) < 4.78 is 5.29. The maximum absolute atomic E-state index is 9.30. The molecule has 0 atom stereocenters. The summed E-state index contributed by atoms with van der Waals surface area (Å²) in [5.74, 6) is 1.15. The maximum atomic E-state index is 9.30. The van der Waals surface area contributed by atoms with Crippen molar-refractivity contribution in [1.29, 1.82) is 0 Å². The van der Waals surface area contributed by atoms with Crippen LogP contribution in [0.4, 0.5) is 0 Å². The predicted molar refractivity (Wildman–Crippen MR) is 52.6 cm³/mol. The van der Waals surface area contributed by atoms with Crippen molar-refractivity contribution in [3.8, 4) is 0 Å². The number of aliphatic hydroxyl groups is 1. The topological polar surface area (TPSA) is 29.5 Å². The zero-order valence-electron chi connectivity index (χ0n) is 7.71. The van der Waals surface area contributed by atoms with Gasteiger partial charge in [0.1, 0.15) is 0 Å². The van der Waals surface area contributed by atoms with Gasteiger partial charge in [0.15, 0.2) is 0 Å². The van der Waals surface area contributed by atoms with Crippen molar-refractivity contribution in [3.05, 3.63) is 0 Å².